The maximum atomic E-state index is 12.9. The van der Waals surface area contributed by atoms with Gasteiger partial charge in [0.05, 0.1) is 12.5 Å². The summed E-state index contributed by atoms with van der Waals surface area (Å²) >= 11 is 0. The molecule has 1 aromatic heterocycles. The topological polar surface area (TPSA) is 51.0 Å². The van der Waals surface area contributed by atoms with Crippen molar-refractivity contribution >= 4 is 5.91 Å². The van der Waals surface area contributed by atoms with Gasteiger partial charge in [0.1, 0.15) is 11.6 Å². The highest BCUT2D eigenvalue weighted by Crippen LogP contribution is 2.46. The SMILES string of the molecule is Cc1nc2n(n1)CC(C(=O)N1CCCC13CCC3)CC2. The van der Waals surface area contributed by atoms with E-state index in [4.69, 9.17) is 0 Å². The minimum absolute atomic E-state index is 0.110. The molecular weight excluding hydrogens is 252 g/mol. The summed E-state index contributed by atoms with van der Waals surface area (Å²) < 4.78 is 1.95. The number of likely N-dealkylation sites (tertiary alicyclic amines) is 1. The van der Waals surface area contributed by atoms with E-state index in [1.165, 1.54) is 32.1 Å². The molecule has 1 aromatic rings. The molecule has 1 atom stereocenters. The van der Waals surface area contributed by atoms with E-state index in [0.717, 1.165) is 37.6 Å². The highest BCUT2D eigenvalue weighted by Gasteiger charge is 2.49. The number of rotatable bonds is 1. The molecule has 0 N–H and O–H groups in total. The minimum Gasteiger partial charge on any atom is -0.337 e. The molecule has 1 spiro atoms. The molecule has 2 fully saturated rings. The van der Waals surface area contributed by atoms with Gasteiger partial charge in [-0.05, 0) is 45.4 Å². The molecule has 1 saturated heterocycles. The van der Waals surface area contributed by atoms with Crippen molar-refractivity contribution in [2.45, 2.75) is 64.0 Å². The summed E-state index contributed by atoms with van der Waals surface area (Å²) in [6.07, 6.45) is 7.96. The van der Waals surface area contributed by atoms with E-state index in [1.54, 1.807) is 0 Å². The Labute approximate surface area is 119 Å². The second kappa shape index (κ2) is 4.30. The number of hydrogen-bond acceptors (Lipinski definition) is 3. The zero-order valence-electron chi connectivity index (χ0n) is 12.1. The van der Waals surface area contributed by atoms with Crippen LogP contribution in [0.25, 0.3) is 0 Å². The van der Waals surface area contributed by atoms with E-state index in [1.807, 2.05) is 11.6 Å². The lowest BCUT2D eigenvalue weighted by molar-refractivity contribution is -0.144. The van der Waals surface area contributed by atoms with Crippen molar-refractivity contribution in [3.05, 3.63) is 11.6 Å². The Morgan fingerprint density at radius 3 is 2.85 bits per heavy atom. The summed E-state index contributed by atoms with van der Waals surface area (Å²) in [5.74, 6) is 2.36. The number of nitrogens with zero attached hydrogens (tertiary/aromatic N) is 4. The molecular formula is C15H22N4O. The summed E-state index contributed by atoms with van der Waals surface area (Å²) in [5, 5.41) is 4.42. The third-order valence-electron chi connectivity index (χ3n) is 5.46. The van der Waals surface area contributed by atoms with E-state index in [0.29, 0.717) is 5.91 Å². The molecule has 3 aliphatic rings. The van der Waals surface area contributed by atoms with Crippen LogP contribution in [0.5, 0.6) is 0 Å². The normalized spacial score (nSPS) is 27.4. The van der Waals surface area contributed by atoms with Crippen molar-refractivity contribution in [3.63, 3.8) is 0 Å². The fourth-order valence-corrected chi connectivity index (χ4v) is 4.24. The van der Waals surface area contributed by atoms with Gasteiger partial charge in [-0.1, -0.05) is 0 Å². The van der Waals surface area contributed by atoms with Gasteiger partial charge in [0.15, 0.2) is 0 Å². The lowest BCUT2D eigenvalue weighted by Gasteiger charge is -2.47. The predicted molar refractivity (Wildman–Crippen MR) is 74.1 cm³/mol. The standard InChI is InChI=1S/C15H22N4O/c1-11-16-13-5-4-12(10-19(13)17-11)14(20)18-9-3-8-15(18)6-2-7-15/h12H,2-10H2,1H3. The maximum absolute atomic E-state index is 12.9. The van der Waals surface area contributed by atoms with Gasteiger partial charge in [0, 0.05) is 18.5 Å². The van der Waals surface area contributed by atoms with Crippen LogP contribution in [0.3, 0.4) is 0 Å². The van der Waals surface area contributed by atoms with Crippen molar-refractivity contribution in [3.8, 4) is 0 Å². The summed E-state index contributed by atoms with van der Waals surface area (Å²) in [5.41, 5.74) is 0.246. The van der Waals surface area contributed by atoms with E-state index in [-0.39, 0.29) is 11.5 Å². The van der Waals surface area contributed by atoms with E-state index in [9.17, 15) is 4.79 Å². The van der Waals surface area contributed by atoms with Crippen LogP contribution < -0.4 is 0 Å². The highest BCUT2D eigenvalue weighted by molar-refractivity contribution is 5.80. The zero-order chi connectivity index (χ0) is 13.7. The average Bonchev–Trinajstić information content (AvgIpc) is 2.98. The number of aromatic nitrogens is 3. The van der Waals surface area contributed by atoms with Gasteiger partial charge in [-0.25, -0.2) is 9.67 Å². The Kier molecular flexibility index (Phi) is 2.66. The summed E-state index contributed by atoms with van der Waals surface area (Å²) in [6, 6.07) is 0. The van der Waals surface area contributed by atoms with Crippen molar-refractivity contribution in [2.24, 2.45) is 5.92 Å². The van der Waals surface area contributed by atoms with Crippen LogP contribution in [-0.2, 0) is 17.8 Å². The molecule has 108 valence electrons. The van der Waals surface area contributed by atoms with Gasteiger partial charge in [-0.2, -0.15) is 5.10 Å². The first-order valence-corrected chi connectivity index (χ1v) is 7.90. The molecule has 0 radical (unpaired) electrons. The number of carbonyl (C=O) groups is 1. The van der Waals surface area contributed by atoms with Crippen LogP contribution in [0.15, 0.2) is 0 Å². The van der Waals surface area contributed by atoms with Crippen LogP contribution >= 0.6 is 0 Å². The minimum atomic E-state index is 0.110. The molecule has 4 rings (SSSR count). The molecule has 1 aliphatic carbocycles. The van der Waals surface area contributed by atoms with Crippen LogP contribution in [-0.4, -0.2) is 37.7 Å². The van der Waals surface area contributed by atoms with E-state index >= 15 is 0 Å². The third-order valence-corrected chi connectivity index (χ3v) is 5.46. The van der Waals surface area contributed by atoms with Crippen LogP contribution in [0.1, 0.15) is 50.2 Å². The Balaban J connectivity index is 1.52. The van der Waals surface area contributed by atoms with Gasteiger partial charge >= 0.3 is 0 Å². The summed E-state index contributed by atoms with van der Waals surface area (Å²) in [7, 11) is 0. The first-order chi connectivity index (χ1) is 9.68. The Morgan fingerprint density at radius 1 is 1.30 bits per heavy atom. The Bertz CT molecular complexity index is 546. The fourth-order valence-electron chi connectivity index (χ4n) is 4.24. The molecule has 1 saturated carbocycles. The molecule has 0 aromatic carbocycles. The largest absolute Gasteiger partial charge is 0.337 e. The number of aryl methyl sites for hydroxylation is 2. The third kappa shape index (κ3) is 1.71. The van der Waals surface area contributed by atoms with Gasteiger partial charge in [-0.15, -0.1) is 0 Å². The number of hydrogen-bond donors (Lipinski definition) is 0. The van der Waals surface area contributed by atoms with Crippen LogP contribution in [0.2, 0.25) is 0 Å². The second-order valence-corrected chi connectivity index (χ2v) is 6.66. The van der Waals surface area contributed by atoms with Crippen molar-refractivity contribution < 1.29 is 4.79 Å². The first kappa shape index (κ1) is 12.4. The molecule has 2 aliphatic heterocycles. The molecule has 20 heavy (non-hydrogen) atoms. The Morgan fingerprint density at radius 2 is 2.10 bits per heavy atom. The second-order valence-electron chi connectivity index (χ2n) is 6.66. The van der Waals surface area contributed by atoms with Crippen molar-refractivity contribution in [2.75, 3.05) is 6.54 Å². The smallest absolute Gasteiger partial charge is 0.228 e. The summed E-state index contributed by atoms with van der Waals surface area (Å²) in [4.78, 5) is 19.5. The molecule has 1 amide bonds. The molecule has 0 bridgehead atoms. The average molecular weight is 274 g/mol. The lowest BCUT2D eigenvalue weighted by Crippen LogP contribution is -2.54. The monoisotopic (exact) mass is 274 g/mol. The molecule has 5 nitrogen and oxygen atoms in total. The van der Waals surface area contributed by atoms with Crippen LogP contribution in [0.4, 0.5) is 0 Å². The maximum Gasteiger partial charge on any atom is 0.228 e. The van der Waals surface area contributed by atoms with Gasteiger partial charge in [0.2, 0.25) is 5.91 Å². The molecule has 3 heterocycles. The Hall–Kier alpha value is -1.39. The zero-order valence-corrected chi connectivity index (χ0v) is 12.1. The van der Waals surface area contributed by atoms with Gasteiger partial charge in [-0.3, -0.25) is 4.79 Å². The fraction of sp³-hybridized carbons (Fsp3) is 0.800. The van der Waals surface area contributed by atoms with Crippen molar-refractivity contribution in [1.29, 1.82) is 0 Å². The number of amides is 1. The lowest BCUT2D eigenvalue weighted by atomic mass is 9.74. The van der Waals surface area contributed by atoms with E-state index in [2.05, 4.69) is 15.0 Å². The highest BCUT2D eigenvalue weighted by atomic mass is 16.2. The van der Waals surface area contributed by atoms with Crippen molar-refractivity contribution in [1.82, 2.24) is 19.7 Å². The molecule has 1 unspecified atom stereocenters. The molecule has 5 heteroatoms. The predicted octanol–water partition coefficient (Wildman–Crippen LogP) is 1.69. The number of fused-ring (bicyclic) bond motifs is 1. The van der Waals surface area contributed by atoms with Gasteiger partial charge in [0.25, 0.3) is 0 Å². The van der Waals surface area contributed by atoms with E-state index < -0.39 is 0 Å². The van der Waals surface area contributed by atoms with Gasteiger partial charge < -0.3 is 4.90 Å². The first-order valence-electron chi connectivity index (χ1n) is 7.90. The summed E-state index contributed by atoms with van der Waals surface area (Å²) in [6.45, 7) is 3.62. The van der Waals surface area contributed by atoms with Crippen LogP contribution in [0, 0.1) is 12.8 Å². The quantitative estimate of drug-likeness (QED) is 0.783. The number of carbonyl (C=O) groups excluding carboxylic acids is 1.